The zero-order valence-corrected chi connectivity index (χ0v) is 27.5. The number of hydrogen-bond acceptors (Lipinski definition) is 12. The number of nitrogens with one attached hydrogen (secondary N) is 1. The van der Waals surface area contributed by atoms with E-state index in [9.17, 15) is 19.5 Å². The molecule has 0 aromatic heterocycles. The Balaban J connectivity index is 1.78. The molecule has 3 aliphatic heterocycles. The molecule has 43 heavy (non-hydrogen) atoms. The summed E-state index contributed by atoms with van der Waals surface area (Å²) in [6.07, 6.45) is -2.15. The highest BCUT2D eigenvalue weighted by Crippen LogP contribution is 2.39. The van der Waals surface area contributed by atoms with Crippen LogP contribution >= 0.6 is 0 Å². The van der Waals surface area contributed by atoms with Crippen LogP contribution in [-0.2, 0) is 38.0 Å². The van der Waals surface area contributed by atoms with Crippen LogP contribution in [0.15, 0.2) is 0 Å². The molecule has 13 atom stereocenters. The lowest BCUT2D eigenvalue weighted by Crippen LogP contribution is -2.60. The largest absolute Gasteiger partial charge is 0.509 e. The molecular weight excluding hydrogens is 560 g/mol. The summed E-state index contributed by atoms with van der Waals surface area (Å²) in [6, 6.07) is 0.0419. The summed E-state index contributed by atoms with van der Waals surface area (Å²) in [5, 5.41) is 14.5. The van der Waals surface area contributed by atoms with Gasteiger partial charge in [-0.3, -0.25) is 10.1 Å². The van der Waals surface area contributed by atoms with E-state index in [-0.39, 0.29) is 24.1 Å². The van der Waals surface area contributed by atoms with Gasteiger partial charge in [0.25, 0.3) is 0 Å². The molecule has 2 N–H and O–H groups in total. The van der Waals surface area contributed by atoms with Crippen molar-refractivity contribution < 1.29 is 47.9 Å². The van der Waals surface area contributed by atoms with Crippen LogP contribution in [0.2, 0.25) is 0 Å². The van der Waals surface area contributed by atoms with Crippen LogP contribution in [-0.4, -0.2) is 109 Å². The van der Waals surface area contributed by atoms with Crippen molar-refractivity contribution in [1.82, 2.24) is 10.2 Å². The van der Waals surface area contributed by atoms with Gasteiger partial charge in [-0.1, -0.05) is 27.7 Å². The van der Waals surface area contributed by atoms with Crippen LogP contribution < -0.4 is 5.32 Å². The number of aliphatic hydroxyl groups is 1. The summed E-state index contributed by atoms with van der Waals surface area (Å²) in [6.45, 7) is 15.3. The first-order valence-electron chi connectivity index (χ1n) is 15.6. The number of cyclic esters (lactones) is 2. The molecule has 0 aromatic rings. The molecule has 3 rings (SSSR count). The van der Waals surface area contributed by atoms with Gasteiger partial charge in [0.05, 0.1) is 36.4 Å². The van der Waals surface area contributed by atoms with Crippen LogP contribution in [0.5, 0.6) is 0 Å². The van der Waals surface area contributed by atoms with Gasteiger partial charge in [0.15, 0.2) is 18.0 Å². The Kier molecular flexibility index (Phi) is 12.0. The minimum absolute atomic E-state index is 0.113. The highest BCUT2D eigenvalue weighted by Gasteiger charge is 2.56. The smallest absolute Gasteiger partial charge is 0.458 e. The van der Waals surface area contributed by atoms with Crippen molar-refractivity contribution in [2.24, 2.45) is 17.8 Å². The van der Waals surface area contributed by atoms with Gasteiger partial charge in [0.2, 0.25) is 0 Å². The van der Waals surface area contributed by atoms with Gasteiger partial charge in [0.1, 0.15) is 18.5 Å². The second-order valence-electron chi connectivity index (χ2n) is 13.6. The van der Waals surface area contributed by atoms with Gasteiger partial charge in [-0.25, -0.2) is 4.79 Å². The number of likely N-dealkylation sites (N-methyl/N-ethyl adjacent to an activating group) is 1. The standard InChI is InChI=1S/C31H54N2O10/c1-11-23(31(8)26(19(4)15-34)42-29(37)43-31)40-27(36)18(3)12-17(2)25(30(7)14-20(5)32-16-38-30)41-28-24(35)22(33(9)10)13-21(6)39-28/h15,17-26,28,32,35H,11-14,16H2,1-10H3/t17-,18+,19-,20+,21+,22-,23+,24+,25+,26+,28-,30+,31+/m0/s1. The van der Waals surface area contributed by atoms with Crippen molar-refractivity contribution in [3.05, 3.63) is 0 Å². The molecule has 248 valence electrons. The Morgan fingerprint density at radius 1 is 1.23 bits per heavy atom. The fraction of sp³-hybridized carbons (Fsp3) is 0.903. The van der Waals surface area contributed by atoms with Crippen molar-refractivity contribution in [3.63, 3.8) is 0 Å². The number of nitrogens with zero attached hydrogens (tertiary/aromatic N) is 1. The number of hydrogen-bond donors (Lipinski definition) is 2. The topological polar surface area (TPSA) is 142 Å². The SMILES string of the molecule is CC[C@@H](OC(=O)[C@H](C)C[C@H](C)[C@@H](O[C@@H]1O[C@H](C)C[C@H](N(C)C)[C@H]1O)[C@@]1(C)C[C@@H](C)NCO1)[C@@]1(C)OC(=O)O[C@@H]1[C@@H](C)C=O. The minimum Gasteiger partial charge on any atom is -0.458 e. The van der Waals surface area contributed by atoms with Crippen molar-refractivity contribution >= 4 is 18.4 Å². The predicted octanol–water partition coefficient (Wildman–Crippen LogP) is 3.03. The summed E-state index contributed by atoms with van der Waals surface area (Å²) in [5.74, 6) is -1.85. The lowest BCUT2D eigenvalue weighted by molar-refractivity contribution is -0.303. The van der Waals surface area contributed by atoms with E-state index in [4.69, 9.17) is 28.4 Å². The van der Waals surface area contributed by atoms with E-state index < -0.39 is 65.9 Å². The van der Waals surface area contributed by atoms with E-state index in [0.29, 0.717) is 38.7 Å². The molecule has 0 unspecified atom stereocenters. The fourth-order valence-corrected chi connectivity index (χ4v) is 7.04. The molecular formula is C31H54N2O10. The van der Waals surface area contributed by atoms with Crippen LogP contribution in [0.25, 0.3) is 0 Å². The third-order valence-electron chi connectivity index (χ3n) is 9.40. The predicted molar refractivity (Wildman–Crippen MR) is 157 cm³/mol. The molecule has 3 heterocycles. The van der Waals surface area contributed by atoms with Gasteiger partial charge in [-0.15, -0.1) is 0 Å². The second kappa shape index (κ2) is 14.5. The van der Waals surface area contributed by atoms with Crippen LogP contribution in [0.1, 0.15) is 81.1 Å². The average molecular weight is 615 g/mol. The van der Waals surface area contributed by atoms with Crippen molar-refractivity contribution in [2.75, 3.05) is 20.8 Å². The first-order valence-corrected chi connectivity index (χ1v) is 15.6. The van der Waals surface area contributed by atoms with Gasteiger partial charge >= 0.3 is 12.1 Å². The number of carbonyl (C=O) groups excluding carboxylic acids is 3. The van der Waals surface area contributed by atoms with E-state index in [1.165, 1.54) is 0 Å². The van der Waals surface area contributed by atoms with Gasteiger partial charge in [-0.05, 0) is 73.4 Å². The summed E-state index contributed by atoms with van der Waals surface area (Å²) in [7, 11) is 3.86. The van der Waals surface area contributed by atoms with Crippen LogP contribution in [0.3, 0.4) is 0 Å². The molecule has 3 saturated heterocycles. The maximum atomic E-state index is 13.5. The van der Waals surface area contributed by atoms with Crippen molar-refractivity contribution in [1.29, 1.82) is 0 Å². The lowest BCUT2D eigenvalue weighted by Gasteiger charge is -2.49. The average Bonchev–Trinajstić information content (AvgIpc) is 3.25. The Bertz CT molecular complexity index is 967. The number of aliphatic hydroxyl groups excluding tert-OH is 1. The summed E-state index contributed by atoms with van der Waals surface area (Å²) >= 11 is 0. The summed E-state index contributed by atoms with van der Waals surface area (Å²) in [4.78, 5) is 39.0. The van der Waals surface area contributed by atoms with Crippen LogP contribution in [0, 0.1) is 17.8 Å². The maximum Gasteiger partial charge on any atom is 0.509 e. The molecule has 0 saturated carbocycles. The third-order valence-corrected chi connectivity index (χ3v) is 9.40. The zero-order valence-electron chi connectivity index (χ0n) is 27.5. The number of rotatable bonds is 13. The lowest BCUT2D eigenvalue weighted by atomic mass is 9.80. The third kappa shape index (κ3) is 8.07. The van der Waals surface area contributed by atoms with Crippen LogP contribution in [0.4, 0.5) is 4.79 Å². The number of aldehydes is 1. The summed E-state index contributed by atoms with van der Waals surface area (Å²) in [5.41, 5.74) is -2.02. The monoisotopic (exact) mass is 614 g/mol. The van der Waals surface area contributed by atoms with Crippen molar-refractivity contribution in [2.45, 2.75) is 141 Å². The van der Waals surface area contributed by atoms with Gasteiger partial charge in [0, 0.05) is 12.1 Å². The van der Waals surface area contributed by atoms with E-state index in [0.717, 1.165) is 0 Å². The molecule has 0 spiro atoms. The zero-order chi connectivity index (χ0) is 32.3. The molecule has 0 bridgehead atoms. The Hall–Kier alpha value is -1.83. The Morgan fingerprint density at radius 2 is 1.91 bits per heavy atom. The highest BCUT2D eigenvalue weighted by atomic mass is 16.8. The maximum absolute atomic E-state index is 13.5. The molecule has 0 amide bonds. The Labute approximate surface area is 256 Å². The van der Waals surface area contributed by atoms with E-state index in [1.807, 2.05) is 46.7 Å². The van der Waals surface area contributed by atoms with Gasteiger partial charge in [-0.2, -0.15) is 0 Å². The molecule has 0 aliphatic carbocycles. The van der Waals surface area contributed by atoms with Gasteiger partial charge < -0.3 is 43.2 Å². The molecule has 12 nitrogen and oxygen atoms in total. The molecule has 0 radical (unpaired) electrons. The Morgan fingerprint density at radius 3 is 2.49 bits per heavy atom. The number of esters is 1. The van der Waals surface area contributed by atoms with E-state index >= 15 is 0 Å². The molecule has 0 aromatic carbocycles. The fourth-order valence-electron chi connectivity index (χ4n) is 7.04. The molecule has 3 fully saturated rings. The highest BCUT2D eigenvalue weighted by molar-refractivity contribution is 5.72. The first kappa shape index (κ1) is 35.6. The first-order chi connectivity index (χ1) is 20.1. The number of carbonyl (C=O) groups is 3. The number of ether oxygens (including phenoxy) is 6. The quantitative estimate of drug-likeness (QED) is 0.233. The molecule has 12 heteroatoms. The minimum atomic E-state index is -1.31. The second-order valence-corrected chi connectivity index (χ2v) is 13.6. The summed E-state index contributed by atoms with van der Waals surface area (Å²) < 4.78 is 35.8. The molecule has 3 aliphatic rings. The van der Waals surface area contributed by atoms with E-state index in [2.05, 4.69) is 12.2 Å². The van der Waals surface area contributed by atoms with E-state index in [1.54, 1.807) is 20.8 Å². The van der Waals surface area contributed by atoms with Crippen molar-refractivity contribution in [3.8, 4) is 0 Å². The normalized spacial score (nSPS) is 38.4.